The van der Waals surface area contributed by atoms with Gasteiger partial charge in [-0.2, -0.15) is 4.99 Å². The SMILES string of the molecule is COC(=O)c1ccc(NC(C)C)c(N=C=O)c1. The number of esters is 1. The number of aliphatic imine (C=N–C) groups is 1. The molecule has 0 heterocycles. The third-order valence-corrected chi connectivity index (χ3v) is 2.03. The number of isocyanates is 1. The molecule has 90 valence electrons. The third kappa shape index (κ3) is 3.43. The average Bonchev–Trinajstić information content (AvgIpc) is 2.30. The van der Waals surface area contributed by atoms with Gasteiger partial charge in [-0.15, -0.1) is 0 Å². The van der Waals surface area contributed by atoms with Gasteiger partial charge in [-0.1, -0.05) is 0 Å². The predicted octanol–water partition coefficient (Wildman–Crippen LogP) is 2.26. The zero-order chi connectivity index (χ0) is 12.8. The second-order valence-electron chi connectivity index (χ2n) is 3.73. The van der Waals surface area contributed by atoms with Crippen molar-refractivity contribution in [1.82, 2.24) is 0 Å². The summed E-state index contributed by atoms with van der Waals surface area (Å²) in [6.45, 7) is 3.92. The molecule has 0 saturated carbocycles. The van der Waals surface area contributed by atoms with E-state index >= 15 is 0 Å². The van der Waals surface area contributed by atoms with Gasteiger partial charge in [-0.3, -0.25) is 0 Å². The van der Waals surface area contributed by atoms with E-state index in [9.17, 15) is 9.59 Å². The average molecular weight is 234 g/mol. The van der Waals surface area contributed by atoms with Gasteiger partial charge < -0.3 is 10.1 Å². The summed E-state index contributed by atoms with van der Waals surface area (Å²) in [4.78, 5) is 25.2. The lowest BCUT2D eigenvalue weighted by molar-refractivity contribution is 0.0601. The highest BCUT2D eigenvalue weighted by Gasteiger charge is 2.10. The number of nitrogens with one attached hydrogen (secondary N) is 1. The van der Waals surface area contributed by atoms with E-state index in [4.69, 9.17) is 0 Å². The summed E-state index contributed by atoms with van der Waals surface area (Å²) < 4.78 is 4.59. The maximum Gasteiger partial charge on any atom is 0.337 e. The number of nitrogens with zero attached hydrogens (tertiary/aromatic N) is 1. The molecule has 0 amide bonds. The molecular formula is C12H14N2O3. The molecule has 5 heteroatoms. The molecule has 17 heavy (non-hydrogen) atoms. The van der Waals surface area contributed by atoms with E-state index in [1.165, 1.54) is 19.3 Å². The van der Waals surface area contributed by atoms with Crippen LogP contribution in [0.25, 0.3) is 0 Å². The van der Waals surface area contributed by atoms with E-state index < -0.39 is 5.97 Å². The highest BCUT2D eigenvalue weighted by Crippen LogP contribution is 2.26. The number of methoxy groups -OCH3 is 1. The van der Waals surface area contributed by atoms with Crippen molar-refractivity contribution in [2.24, 2.45) is 4.99 Å². The lowest BCUT2D eigenvalue weighted by Crippen LogP contribution is -2.10. The van der Waals surface area contributed by atoms with Gasteiger partial charge in [-0.25, -0.2) is 9.59 Å². The lowest BCUT2D eigenvalue weighted by Gasteiger charge is -2.12. The standard InChI is InChI=1S/C12H14N2O3/c1-8(2)14-10-5-4-9(12(16)17-3)6-11(10)13-7-15/h4-6,8,14H,1-3H3. The molecule has 1 aromatic rings. The fourth-order valence-electron chi connectivity index (χ4n) is 1.35. The van der Waals surface area contributed by atoms with Gasteiger partial charge in [0.1, 0.15) is 5.69 Å². The Hall–Kier alpha value is -2.13. The van der Waals surface area contributed by atoms with Crippen LogP contribution in [0.2, 0.25) is 0 Å². The van der Waals surface area contributed by atoms with Crippen LogP contribution in [0.1, 0.15) is 24.2 Å². The summed E-state index contributed by atoms with van der Waals surface area (Å²) in [7, 11) is 1.30. The number of rotatable bonds is 4. The van der Waals surface area contributed by atoms with Crippen LogP contribution in [0.5, 0.6) is 0 Å². The van der Waals surface area contributed by atoms with Gasteiger partial charge in [0.25, 0.3) is 0 Å². The Kier molecular flexibility index (Phi) is 4.43. The van der Waals surface area contributed by atoms with Crippen LogP contribution in [-0.2, 0) is 9.53 Å². The molecule has 1 aromatic carbocycles. The molecule has 5 nitrogen and oxygen atoms in total. The van der Waals surface area contributed by atoms with Gasteiger partial charge in [0, 0.05) is 6.04 Å². The van der Waals surface area contributed by atoms with E-state index in [-0.39, 0.29) is 6.04 Å². The summed E-state index contributed by atoms with van der Waals surface area (Å²) in [5.41, 5.74) is 1.39. The number of carbonyl (C=O) groups excluding carboxylic acids is 2. The number of anilines is 1. The van der Waals surface area contributed by atoms with Crippen LogP contribution >= 0.6 is 0 Å². The molecule has 0 spiro atoms. The largest absolute Gasteiger partial charge is 0.465 e. The summed E-state index contributed by atoms with van der Waals surface area (Å²) in [6, 6.07) is 4.98. The van der Waals surface area contributed by atoms with Crippen molar-refractivity contribution in [3.05, 3.63) is 23.8 Å². The van der Waals surface area contributed by atoms with E-state index in [1.54, 1.807) is 12.1 Å². The highest BCUT2D eigenvalue weighted by molar-refractivity contribution is 5.92. The summed E-state index contributed by atoms with van der Waals surface area (Å²) in [5, 5.41) is 3.12. The van der Waals surface area contributed by atoms with Crippen LogP contribution in [0.4, 0.5) is 11.4 Å². The third-order valence-electron chi connectivity index (χ3n) is 2.03. The minimum atomic E-state index is -0.469. The van der Waals surface area contributed by atoms with E-state index in [0.29, 0.717) is 16.9 Å². The van der Waals surface area contributed by atoms with Gasteiger partial charge in [0.2, 0.25) is 6.08 Å². The molecule has 0 unspecified atom stereocenters. The van der Waals surface area contributed by atoms with Crippen molar-refractivity contribution in [2.75, 3.05) is 12.4 Å². The molecule has 0 aliphatic carbocycles. The Balaban J connectivity index is 3.16. The first-order valence-electron chi connectivity index (χ1n) is 5.15. The van der Waals surface area contributed by atoms with Gasteiger partial charge in [-0.05, 0) is 32.0 Å². The Morgan fingerprint density at radius 2 is 2.18 bits per heavy atom. The summed E-state index contributed by atoms with van der Waals surface area (Å²) in [6.07, 6.45) is 1.46. The number of benzene rings is 1. The minimum Gasteiger partial charge on any atom is -0.465 e. The second kappa shape index (κ2) is 5.82. The fraction of sp³-hybridized carbons (Fsp3) is 0.333. The normalized spacial score (nSPS) is 9.65. The Bertz CT molecular complexity index is 463. The number of carbonyl (C=O) groups is 1. The maximum absolute atomic E-state index is 11.3. The van der Waals surface area contributed by atoms with Gasteiger partial charge in [0.05, 0.1) is 18.4 Å². The van der Waals surface area contributed by atoms with Crippen molar-refractivity contribution in [2.45, 2.75) is 19.9 Å². The van der Waals surface area contributed by atoms with Crippen molar-refractivity contribution in [1.29, 1.82) is 0 Å². The Labute approximate surface area is 99.5 Å². The van der Waals surface area contributed by atoms with Crippen LogP contribution in [0.3, 0.4) is 0 Å². The van der Waals surface area contributed by atoms with Crippen LogP contribution in [-0.4, -0.2) is 25.2 Å². The number of ether oxygens (including phenoxy) is 1. The zero-order valence-electron chi connectivity index (χ0n) is 9.98. The van der Waals surface area contributed by atoms with E-state index in [1.807, 2.05) is 13.8 Å². The zero-order valence-corrected chi connectivity index (χ0v) is 9.98. The second-order valence-corrected chi connectivity index (χ2v) is 3.73. The fourth-order valence-corrected chi connectivity index (χ4v) is 1.35. The molecule has 0 aliphatic heterocycles. The molecule has 0 fully saturated rings. The Morgan fingerprint density at radius 1 is 1.47 bits per heavy atom. The molecule has 0 atom stereocenters. The molecule has 0 saturated heterocycles. The van der Waals surface area contributed by atoms with E-state index in [2.05, 4.69) is 15.0 Å². The van der Waals surface area contributed by atoms with Crippen LogP contribution in [0, 0.1) is 0 Å². The van der Waals surface area contributed by atoms with E-state index in [0.717, 1.165) is 0 Å². The summed E-state index contributed by atoms with van der Waals surface area (Å²) in [5.74, 6) is -0.469. The van der Waals surface area contributed by atoms with Gasteiger partial charge in [0.15, 0.2) is 0 Å². The first-order valence-corrected chi connectivity index (χ1v) is 5.15. The Morgan fingerprint density at radius 3 is 2.71 bits per heavy atom. The molecule has 0 aromatic heterocycles. The monoisotopic (exact) mass is 234 g/mol. The predicted molar refractivity (Wildman–Crippen MR) is 64.3 cm³/mol. The van der Waals surface area contributed by atoms with Crippen molar-refractivity contribution < 1.29 is 14.3 Å². The van der Waals surface area contributed by atoms with Crippen molar-refractivity contribution in [3.63, 3.8) is 0 Å². The minimum absolute atomic E-state index is 0.194. The lowest BCUT2D eigenvalue weighted by atomic mass is 10.1. The summed E-state index contributed by atoms with van der Waals surface area (Å²) >= 11 is 0. The molecule has 0 bridgehead atoms. The number of hydrogen-bond acceptors (Lipinski definition) is 5. The van der Waals surface area contributed by atoms with Crippen molar-refractivity contribution >= 4 is 23.4 Å². The molecule has 1 rings (SSSR count). The van der Waals surface area contributed by atoms with Crippen molar-refractivity contribution in [3.8, 4) is 0 Å². The first kappa shape index (κ1) is 12.9. The smallest absolute Gasteiger partial charge is 0.337 e. The van der Waals surface area contributed by atoms with Crippen LogP contribution in [0.15, 0.2) is 23.2 Å². The number of hydrogen-bond donors (Lipinski definition) is 1. The molecule has 1 N–H and O–H groups in total. The van der Waals surface area contributed by atoms with Gasteiger partial charge >= 0.3 is 5.97 Å². The quantitative estimate of drug-likeness (QED) is 0.493. The maximum atomic E-state index is 11.3. The first-order chi connectivity index (χ1) is 8.08. The molecule has 0 aliphatic rings. The topological polar surface area (TPSA) is 67.8 Å². The molecular weight excluding hydrogens is 220 g/mol. The highest BCUT2D eigenvalue weighted by atomic mass is 16.5. The van der Waals surface area contributed by atoms with Crippen LogP contribution < -0.4 is 5.32 Å². The molecule has 0 radical (unpaired) electrons.